The van der Waals surface area contributed by atoms with Crippen LogP contribution >= 0.6 is 23.3 Å². The molecule has 28 heavy (non-hydrogen) atoms. The molecular formula is C19H19FN4O2S2. The average Bonchev–Trinajstić information content (AvgIpc) is 3.11. The van der Waals surface area contributed by atoms with Gasteiger partial charge >= 0.3 is 6.03 Å². The van der Waals surface area contributed by atoms with Gasteiger partial charge in [-0.05, 0) is 55.7 Å². The van der Waals surface area contributed by atoms with Gasteiger partial charge in [0.15, 0.2) is 5.13 Å². The summed E-state index contributed by atoms with van der Waals surface area (Å²) in [7, 11) is 3.51. The van der Waals surface area contributed by atoms with E-state index in [-0.39, 0.29) is 11.8 Å². The molecule has 0 aliphatic carbocycles. The van der Waals surface area contributed by atoms with Gasteiger partial charge in [-0.3, -0.25) is 14.9 Å². The number of carbonyl (C=O) groups excluding carboxylic acids is 1. The highest BCUT2D eigenvalue weighted by Crippen LogP contribution is 2.32. The fourth-order valence-corrected chi connectivity index (χ4v) is 3.56. The van der Waals surface area contributed by atoms with Crippen molar-refractivity contribution in [3.63, 3.8) is 0 Å². The summed E-state index contributed by atoms with van der Waals surface area (Å²) in [6, 6.07) is 11.6. The number of hydrogen-bond acceptors (Lipinski definition) is 6. The molecule has 0 atom stereocenters. The second kappa shape index (κ2) is 9.05. The Morgan fingerprint density at radius 2 is 2.11 bits per heavy atom. The summed E-state index contributed by atoms with van der Waals surface area (Å²) in [5, 5.41) is 3.59. The van der Waals surface area contributed by atoms with E-state index in [1.807, 2.05) is 38.2 Å². The van der Waals surface area contributed by atoms with Crippen molar-refractivity contribution in [1.29, 1.82) is 0 Å². The first kappa shape index (κ1) is 20.1. The van der Waals surface area contributed by atoms with Crippen molar-refractivity contribution in [2.45, 2.75) is 11.8 Å². The van der Waals surface area contributed by atoms with Crippen LogP contribution in [0.15, 0.2) is 53.6 Å². The molecule has 1 aromatic heterocycles. The number of rotatable bonds is 6. The van der Waals surface area contributed by atoms with E-state index in [0.717, 1.165) is 16.1 Å². The first-order valence-corrected chi connectivity index (χ1v) is 9.98. The number of urea groups is 1. The molecule has 0 aliphatic rings. The van der Waals surface area contributed by atoms with Gasteiger partial charge in [-0.25, -0.2) is 14.2 Å². The maximum Gasteiger partial charge on any atom is 0.327 e. The second-order valence-electron chi connectivity index (χ2n) is 5.79. The number of thiazole rings is 1. The Balaban J connectivity index is 1.66. The molecule has 0 saturated heterocycles. The van der Waals surface area contributed by atoms with Crippen molar-refractivity contribution in [2.75, 3.05) is 24.3 Å². The van der Waals surface area contributed by atoms with Crippen LogP contribution < -0.4 is 19.7 Å². The van der Waals surface area contributed by atoms with Crippen LogP contribution in [0.4, 0.5) is 20.0 Å². The molecule has 0 radical (unpaired) electrons. The van der Waals surface area contributed by atoms with Gasteiger partial charge in [0, 0.05) is 23.7 Å². The summed E-state index contributed by atoms with van der Waals surface area (Å²) >= 11 is 2.63. The molecule has 0 unspecified atom stereocenters. The normalized spacial score (nSPS) is 10.6. The van der Waals surface area contributed by atoms with Gasteiger partial charge < -0.3 is 4.74 Å². The van der Waals surface area contributed by atoms with E-state index in [2.05, 4.69) is 15.0 Å². The molecule has 1 heterocycles. The first-order valence-electron chi connectivity index (χ1n) is 8.34. The predicted octanol–water partition coefficient (Wildman–Crippen LogP) is 5.28. The first-order chi connectivity index (χ1) is 13.5. The number of carbonyl (C=O) groups is 1. The molecule has 0 aliphatic heterocycles. The third-order valence-electron chi connectivity index (χ3n) is 3.79. The number of amides is 2. The van der Waals surface area contributed by atoms with Crippen molar-refractivity contribution in [3.05, 3.63) is 60.0 Å². The minimum Gasteiger partial charge on any atom is -0.445 e. The lowest BCUT2D eigenvalue weighted by molar-refractivity contribution is 0.258. The van der Waals surface area contributed by atoms with Gasteiger partial charge in [-0.2, -0.15) is 0 Å². The number of anilines is 2. The molecule has 0 spiro atoms. The summed E-state index contributed by atoms with van der Waals surface area (Å²) in [6.45, 7) is 1.83. The number of nitrogens with zero attached hydrogens (tertiary/aromatic N) is 2. The lowest BCUT2D eigenvalue weighted by Gasteiger charge is -2.17. The number of ether oxygens (including phenoxy) is 1. The number of aryl methyl sites for hydroxylation is 1. The Bertz CT molecular complexity index is 980. The third kappa shape index (κ3) is 5.00. The molecule has 2 amide bonds. The number of halogens is 1. The highest BCUT2D eigenvalue weighted by Gasteiger charge is 2.14. The zero-order valence-corrected chi connectivity index (χ0v) is 17.2. The third-order valence-corrected chi connectivity index (χ3v) is 5.27. The molecule has 0 saturated carbocycles. The number of aromatic nitrogens is 1. The van der Waals surface area contributed by atoms with E-state index >= 15 is 0 Å². The van der Waals surface area contributed by atoms with Crippen molar-refractivity contribution in [3.8, 4) is 10.8 Å². The second-order valence-corrected chi connectivity index (χ2v) is 7.87. The minimum atomic E-state index is -0.376. The quantitative estimate of drug-likeness (QED) is 0.533. The van der Waals surface area contributed by atoms with Crippen LogP contribution in [0.5, 0.6) is 10.8 Å². The van der Waals surface area contributed by atoms with E-state index in [1.165, 1.54) is 46.5 Å². The monoisotopic (exact) mass is 418 g/mol. The van der Waals surface area contributed by atoms with E-state index < -0.39 is 0 Å². The van der Waals surface area contributed by atoms with Crippen molar-refractivity contribution < 1.29 is 13.9 Å². The van der Waals surface area contributed by atoms with Crippen LogP contribution in [0.1, 0.15) is 5.56 Å². The minimum absolute atomic E-state index is 0.325. The van der Waals surface area contributed by atoms with E-state index in [0.29, 0.717) is 15.9 Å². The number of nitrogens with one attached hydrogen (secondary N) is 2. The highest BCUT2D eigenvalue weighted by atomic mass is 32.2. The number of hydrogen-bond donors (Lipinski definition) is 2. The number of benzene rings is 2. The maximum absolute atomic E-state index is 13.4. The Labute approximate surface area is 170 Å². The van der Waals surface area contributed by atoms with Crippen LogP contribution in [-0.2, 0) is 0 Å². The molecule has 9 heteroatoms. The van der Waals surface area contributed by atoms with Crippen molar-refractivity contribution >= 4 is 40.1 Å². The zero-order valence-electron chi connectivity index (χ0n) is 15.5. The Morgan fingerprint density at radius 3 is 2.89 bits per heavy atom. The van der Waals surface area contributed by atoms with Crippen molar-refractivity contribution in [2.24, 2.45) is 0 Å². The van der Waals surface area contributed by atoms with E-state index in [1.54, 1.807) is 13.1 Å². The van der Waals surface area contributed by atoms with Crippen LogP contribution in [0.25, 0.3) is 0 Å². The lowest BCUT2D eigenvalue weighted by Crippen LogP contribution is -2.31. The molecule has 146 valence electrons. The predicted molar refractivity (Wildman–Crippen MR) is 112 cm³/mol. The molecule has 3 aromatic rings. The molecule has 0 bridgehead atoms. The smallest absolute Gasteiger partial charge is 0.327 e. The Kier molecular flexibility index (Phi) is 6.50. The Hall–Kier alpha value is -2.62. The molecular weight excluding hydrogens is 399 g/mol. The van der Waals surface area contributed by atoms with E-state index in [4.69, 9.17) is 4.74 Å². The SMILES string of the molecule is CNSc1cccc(N(C)C(=O)Nc2ncc(Oc3cc(F)ccc3C)s2)c1. The van der Waals surface area contributed by atoms with Crippen LogP contribution in [0.3, 0.4) is 0 Å². The molecule has 3 rings (SSSR count). The van der Waals surface area contributed by atoms with Gasteiger partial charge in [0.1, 0.15) is 11.6 Å². The molecule has 2 N–H and O–H groups in total. The average molecular weight is 419 g/mol. The lowest BCUT2D eigenvalue weighted by atomic mass is 10.2. The topological polar surface area (TPSA) is 66.5 Å². The fourth-order valence-electron chi connectivity index (χ4n) is 2.32. The Morgan fingerprint density at radius 1 is 1.29 bits per heavy atom. The summed E-state index contributed by atoms with van der Waals surface area (Å²) in [5.74, 6) is 0.0384. The van der Waals surface area contributed by atoms with Gasteiger partial charge in [-0.1, -0.05) is 23.5 Å². The maximum atomic E-state index is 13.4. The standard InChI is InChI=1S/C19H19FN4O2S2/c1-12-7-8-13(20)9-16(12)26-17-11-22-18(27-17)23-19(25)24(3)14-5-4-6-15(10-14)28-21-2/h4-11,21H,1-3H3,(H,22,23,25). The zero-order chi connectivity index (χ0) is 20.1. The van der Waals surface area contributed by atoms with Gasteiger partial charge in [0.05, 0.1) is 6.20 Å². The summed E-state index contributed by atoms with van der Waals surface area (Å²) in [4.78, 5) is 19.2. The van der Waals surface area contributed by atoms with E-state index in [9.17, 15) is 9.18 Å². The molecule has 2 aromatic carbocycles. The highest BCUT2D eigenvalue weighted by molar-refractivity contribution is 7.97. The van der Waals surface area contributed by atoms with Crippen LogP contribution in [0, 0.1) is 12.7 Å². The van der Waals surface area contributed by atoms with Crippen LogP contribution in [-0.4, -0.2) is 25.1 Å². The summed E-state index contributed by atoms with van der Waals surface area (Å²) in [6.07, 6.45) is 1.49. The van der Waals surface area contributed by atoms with Gasteiger partial charge in [0.2, 0.25) is 5.06 Å². The largest absolute Gasteiger partial charge is 0.445 e. The fraction of sp³-hybridized carbons (Fsp3) is 0.158. The summed E-state index contributed by atoms with van der Waals surface area (Å²) < 4.78 is 22.1. The van der Waals surface area contributed by atoms with Gasteiger partial charge in [-0.15, -0.1) is 0 Å². The van der Waals surface area contributed by atoms with Crippen molar-refractivity contribution in [1.82, 2.24) is 9.71 Å². The molecule has 6 nitrogen and oxygen atoms in total. The summed E-state index contributed by atoms with van der Waals surface area (Å²) in [5.41, 5.74) is 1.56. The molecule has 0 fully saturated rings. The van der Waals surface area contributed by atoms with Crippen LogP contribution in [0.2, 0.25) is 0 Å². The van der Waals surface area contributed by atoms with Gasteiger partial charge in [0.25, 0.3) is 0 Å².